The third-order valence-corrected chi connectivity index (χ3v) is 6.25. The van der Waals surface area contributed by atoms with E-state index in [0.29, 0.717) is 13.1 Å². The van der Waals surface area contributed by atoms with Gasteiger partial charge in [0.1, 0.15) is 6.04 Å². The van der Waals surface area contributed by atoms with Gasteiger partial charge >= 0.3 is 6.03 Å². The third kappa shape index (κ3) is 3.34. The number of nitrogens with zero attached hydrogens (tertiary/aromatic N) is 2. The first-order valence-electron chi connectivity index (χ1n) is 9.68. The van der Waals surface area contributed by atoms with E-state index in [4.69, 9.17) is 0 Å². The molecule has 1 aliphatic heterocycles. The number of thiophene rings is 1. The van der Waals surface area contributed by atoms with E-state index in [-0.39, 0.29) is 12.1 Å². The van der Waals surface area contributed by atoms with Gasteiger partial charge in [0.15, 0.2) is 0 Å². The predicted octanol–water partition coefficient (Wildman–Crippen LogP) is 5.35. The molecule has 1 aliphatic rings. The fraction of sp³-hybridized carbons (Fsp3) is 0.125. The van der Waals surface area contributed by atoms with Crippen LogP contribution in [-0.4, -0.2) is 15.5 Å². The van der Waals surface area contributed by atoms with Crippen LogP contribution in [0.3, 0.4) is 0 Å². The number of aromatic nitrogens is 1. The van der Waals surface area contributed by atoms with Crippen molar-refractivity contribution in [2.75, 3.05) is 0 Å². The molecule has 0 spiro atoms. The van der Waals surface area contributed by atoms with Crippen molar-refractivity contribution in [1.29, 1.82) is 0 Å². The van der Waals surface area contributed by atoms with E-state index < -0.39 is 0 Å². The minimum atomic E-state index is -0.131. The van der Waals surface area contributed by atoms with E-state index in [2.05, 4.69) is 51.8 Å². The maximum atomic E-state index is 13.4. The third-order valence-electron chi connectivity index (χ3n) is 5.32. The molecule has 0 radical (unpaired) electrons. The average Bonchev–Trinajstić information content (AvgIpc) is 3.44. The van der Waals surface area contributed by atoms with Crippen molar-refractivity contribution in [2.45, 2.75) is 19.1 Å². The zero-order chi connectivity index (χ0) is 19.6. The Morgan fingerprint density at radius 3 is 2.62 bits per heavy atom. The Morgan fingerprint density at radius 2 is 1.79 bits per heavy atom. The maximum absolute atomic E-state index is 13.4. The van der Waals surface area contributed by atoms with Gasteiger partial charge in [-0.3, -0.25) is 0 Å². The normalized spacial score (nSPS) is 15.3. The van der Waals surface area contributed by atoms with Crippen LogP contribution >= 0.6 is 11.3 Å². The molecule has 144 valence electrons. The molecule has 1 N–H and O–H groups in total. The number of para-hydroxylation sites is 1. The van der Waals surface area contributed by atoms with E-state index in [9.17, 15) is 4.79 Å². The second-order valence-corrected chi connectivity index (χ2v) is 8.10. The molecule has 3 heterocycles. The van der Waals surface area contributed by atoms with Crippen molar-refractivity contribution in [3.63, 3.8) is 0 Å². The monoisotopic (exact) mass is 399 g/mol. The van der Waals surface area contributed by atoms with Crippen molar-refractivity contribution < 1.29 is 4.79 Å². The zero-order valence-corrected chi connectivity index (χ0v) is 16.7. The number of hydrogen-bond donors (Lipinski definition) is 1. The first-order valence-corrected chi connectivity index (χ1v) is 10.6. The summed E-state index contributed by atoms with van der Waals surface area (Å²) in [5, 5.41) is 5.19. The number of amides is 2. The lowest BCUT2D eigenvalue weighted by Crippen LogP contribution is -2.41. The second kappa shape index (κ2) is 7.60. The first kappa shape index (κ1) is 17.8. The Labute approximate surface area is 174 Å². The molecule has 1 atom stereocenters. The second-order valence-electron chi connectivity index (χ2n) is 7.12. The van der Waals surface area contributed by atoms with E-state index in [0.717, 1.165) is 27.4 Å². The molecular weight excluding hydrogens is 378 g/mol. The lowest BCUT2D eigenvalue weighted by Gasteiger charge is -2.30. The molecular formula is C24H21N3OS. The highest BCUT2D eigenvalue weighted by atomic mass is 32.1. The van der Waals surface area contributed by atoms with Crippen molar-refractivity contribution in [3.05, 3.63) is 112 Å². The number of nitrogens with one attached hydrogen (secondary N) is 1. The highest BCUT2D eigenvalue weighted by molar-refractivity contribution is 7.10. The lowest BCUT2D eigenvalue weighted by molar-refractivity contribution is 0.181. The average molecular weight is 400 g/mol. The van der Waals surface area contributed by atoms with Crippen molar-refractivity contribution in [1.82, 2.24) is 14.8 Å². The Kier molecular flexibility index (Phi) is 4.66. The summed E-state index contributed by atoms with van der Waals surface area (Å²) < 4.78 is 2.21. The summed E-state index contributed by atoms with van der Waals surface area (Å²) in [5.41, 5.74) is 4.46. The van der Waals surface area contributed by atoms with E-state index in [1.807, 2.05) is 53.4 Å². The van der Waals surface area contributed by atoms with Crippen LogP contribution in [0.1, 0.15) is 27.7 Å². The fourth-order valence-corrected chi connectivity index (χ4v) is 4.81. The van der Waals surface area contributed by atoms with Gasteiger partial charge < -0.3 is 14.8 Å². The van der Waals surface area contributed by atoms with Gasteiger partial charge in [0.25, 0.3) is 0 Å². The quantitative estimate of drug-likeness (QED) is 0.495. The maximum Gasteiger partial charge on any atom is 0.318 e. The number of fused-ring (bicyclic) bond motifs is 3. The van der Waals surface area contributed by atoms with Crippen LogP contribution in [-0.2, 0) is 13.1 Å². The molecule has 0 saturated carbocycles. The number of carbonyl (C=O) groups is 1. The van der Waals surface area contributed by atoms with Gasteiger partial charge in [-0.05, 0) is 40.8 Å². The number of urea groups is 1. The number of benzene rings is 2. The Hall–Kier alpha value is -3.31. The topological polar surface area (TPSA) is 37.3 Å². The van der Waals surface area contributed by atoms with Gasteiger partial charge in [-0.2, -0.15) is 0 Å². The zero-order valence-electron chi connectivity index (χ0n) is 15.9. The Morgan fingerprint density at radius 1 is 0.966 bits per heavy atom. The molecule has 2 amide bonds. The standard InChI is InChI=1S/C24H21N3OS/c28-24(25-16-18-8-2-1-3-9-18)27-17-19-10-4-5-11-20(19)26-14-6-12-21(26)23(27)22-13-7-15-29-22/h1-15,23H,16-17H2,(H,25,28)/t23-/m0/s1. The van der Waals surface area contributed by atoms with E-state index in [1.54, 1.807) is 11.3 Å². The summed E-state index contributed by atoms with van der Waals surface area (Å²) in [7, 11) is 0. The smallest absolute Gasteiger partial charge is 0.318 e. The molecule has 4 aromatic rings. The molecule has 0 saturated heterocycles. The van der Waals surface area contributed by atoms with Gasteiger partial charge in [0.05, 0.1) is 17.9 Å². The van der Waals surface area contributed by atoms with E-state index in [1.165, 1.54) is 0 Å². The highest BCUT2D eigenvalue weighted by Crippen LogP contribution is 2.38. The first-order chi connectivity index (χ1) is 14.3. The van der Waals surface area contributed by atoms with Crippen molar-refractivity contribution >= 4 is 17.4 Å². The predicted molar refractivity (Wildman–Crippen MR) is 116 cm³/mol. The van der Waals surface area contributed by atoms with Crippen LogP contribution in [0.15, 0.2) is 90.4 Å². The summed E-state index contributed by atoms with van der Waals surface area (Å²) in [5.74, 6) is 0. The fourth-order valence-electron chi connectivity index (χ4n) is 3.96. The van der Waals surface area contributed by atoms with Gasteiger partial charge in [-0.25, -0.2) is 4.79 Å². The van der Waals surface area contributed by atoms with Gasteiger partial charge in [0.2, 0.25) is 0 Å². The summed E-state index contributed by atoms with van der Waals surface area (Å²) in [6.07, 6.45) is 2.08. The molecule has 0 unspecified atom stereocenters. The van der Waals surface area contributed by atoms with Gasteiger partial charge in [-0.1, -0.05) is 54.6 Å². The molecule has 2 aromatic carbocycles. The van der Waals surface area contributed by atoms with Crippen LogP contribution in [0, 0.1) is 0 Å². The molecule has 4 nitrogen and oxygen atoms in total. The highest BCUT2D eigenvalue weighted by Gasteiger charge is 2.33. The number of hydrogen-bond acceptors (Lipinski definition) is 2. The largest absolute Gasteiger partial charge is 0.334 e. The molecule has 2 aromatic heterocycles. The lowest BCUT2D eigenvalue weighted by atomic mass is 10.1. The number of rotatable bonds is 3. The minimum absolute atomic E-state index is 0.0586. The van der Waals surface area contributed by atoms with Gasteiger partial charge in [-0.15, -0.1) is 11.3 Å². The molecule has 29 heavy (non-hydrogen) atoms. The van der Waals surface area contributed by atoms with Crippen LogP contribution in [0.4, 0.5) is 4.79 Å². The minimum Gasteiger partial charge on any atom is -0.334 e. The van der Waals surface area contributed by atoms with Gasteiger partial charge in [0, 0.05) is 17.6 Å². The summed E-state index contributed by atoms with van der Waals surface area (Å²) in [6, 6.07) is 26.5. The van der Waals surface area contributed by atoms with Crippen LogP contribution in [0.25, 0.3) is 5.69 Å². The van der Waals surface area contributed by atoms with Crippen LogP contribution in [0.2, 0.25) is 0 Å². The summed E-state index contributed by atoms with van der Waals surface area (Å²) in [6.45, 7) is 1.07. The molecule has 5 heteroatoms. The SMILES string of the molecule is O=C(NCc1ccccc1)N1Cc2ccccc2-n2cccc2[C@H]1c1cccs1. The van der Waals surface area contributed by atoms with E-state index >= 15 is 0 Å². The summed E-state index contributed by atoms with van der Waals surface area (Å²) in [4.78, 5) is 16.5. The molecule has 0 aliphatic carbocycles. The Bertz CT molecular complexity index is 1120. The summed E-state index contributed by atoms with van der Waals surface area (Å²) >= 11 is 1.69. The van der Waals surface area contributed by atoms with Crippen LogP contribution in [0.5, 0.6) is 0 Å². The molecule has 0 bridgehead atoms. The Balaban J connectivity index is 1.54. The number of carbonyl (C=O) groups excluding carboxylic acids is 1. The molecule has 5 rings (SSSR count). The molecule has 0 fully saturated rings. The van der Waals surface area contributed by atoms with Crippen molar-refractivity contribution in [2.24, 2.45) is 0 Å². The van der Waals surface area contributed by atoms with Crippen molar-refractivity contribution in [3.8, 4) is 5.69 Å². The van der Waals surface area contributed by atoms with Crippen LogP contribution < -0.4 is 5.32 Å².